The molecule has 0 fully saturated rings. The zero-order chi connectivity index (χ0) is 10.8. The number of ether oxygens (including phenoxy) is 1. The van der Waals surface area contributed by atoms with E-state index in [1.807, 2.05) is 20.8 Å². The molecule has 0 aliphatic heterocycles. The fraction of sp³-hybridized carbons (Fsp3) is 0.667. The third-order valence-corrected chi connectivity index (χ3v) is 1.86. The van der Waals surface area contributed by atoms with Crippen LogP contribution in [0, 0.1) is 5.41 Å². The molecule has 0 amide bonds. The molecule has 1 heterocycles. The summed E-state index contributed by atoms with van der Waals surface area (Å²) < 4.78 is 6.50. The lowest BCUT2D eigenvalue weighted by Crippen LogP contribution is -2.32. The summed E-state index contributed by atoms with van der Waals surface area (Å²) in [6, 6.07) is 0. The normalized spacial score (nSPS) is 14.0. The summed E-state index contributed by atoms with van der Waals surface area (Å²) in [7, 11) is 1.48. The summed E-state index contributed by atoms with van der Waals surface area (Å²) in [5.41, 5.74) is -0.452. The van der Waals surface area contributed by atoms with Gasteiger partial charge < -0.3 is 4.74 Å². The molecule has 5 heteroatoms. The molecular formula is C9H15N3O2. The molecule has 1 rings (SSSR count). The van der Waals surface area contributed by atoms with Gasteiger partial charge in [-0.25, -0.2) is 9.67 Å². The number of ketones is 1. The highest BCUT2D eigenvalue weighted by atomic mass is 16.5. The molecule has 5 nitrogen and oxygen atoms in total. The lowest BCUT2D eigenvalue weighted by molar-refractivity contribution is -0.143. The lowest BCUT2D eigenvalue weighted by atomic mass is 9.90. The van der Waals surface area contributed by atoms with Crippen LogP contribution < -0.4 is 0 Å². The van der Waals surface area contributed by atoms with Crippen molar-refractivity contribution in [3.05, 3.63) is 12.7 Å². The largest absolute Gasteiger partial charge is 0.353 e. The summed E-state index contributed by atoms with van der Waals surface area (Å²) in [6.45, 7) is 5.54. The van der Waals surface area contributed by atoms with Crippen molar-refractivity contribution >= 4 is 5.78 Å². The molecule has 14 heavy (non-hydrogen) atoms. The first kappa shape index (κ1) is 10.8. The molecule has 1 atom stereocenters. The van der Waals surface area contributed by atoms with Gasteiger partial charge in [-0.15, -0.1) is 0 Å². The fourth-order valence-electron chi connectivity index (χ4n) is 1.04. The number of carbonyl (C=O) groups excluding carboxylic acids is 1. The molecule has 1 aromatic rings. The second kappa shape index (κ2) is 3.88. The van der Waals surface area contributed by atoms with Gasteiger partial charge >= 0.3 is 0 Å². The number of carbonyl (C=O) groups is 1. The SMILES string of the molecule is COC(C(=O)C(C)(C)C)n1cncn1. The van der Waals surface area contributed by atoms with E-state index in [0.29, 0.717) is 0 Å². The highest BCUT2D eigenvalue weighted by molar-refractivity contribution is 5.86. The minimum absolute atomic E-state index is 0.0227. The van der Waals surface area contributed by atoms with E-state index in [4.69, 9.17) is 4.74 Å². The van der Waals surface area contributed by atoms with Crippen LogP contribution in [0.3, 0.4) is 0 Å². The average molecular weight is 197 g/mol. The first-order chi connectivity index (χ1) is 6.46. The van der Waals surface area contributed by atoms with Crippen LogP contribution in [0.15, 0.2) is 12.7 Å². The van der Waals surface area contributed by atoms with Crippen molar-refractivity contribution in [2.75, 3.05) is 7.11 Å². The number of hydrogen-bond donors (Lipinski definition) is 0. The molecule has 0 bridgehead atoms. The van der Waals surface area contributed by atoms with Gasteiger partial charge in [0.05, 0.1) is 0 Å². The second-order valence-electron chi connectivity index (χ2n) is 4.08. The van der Waals surface area contributed by atoms with Gasteiger partial charge in [0.2, 0.25) is 6.23 Å². The number of hydrogen-bond acceptors (Lipinski definition) is 4. The molecule has 0 radical (unpaired) electrons. The van der Waals surface area contributed by atoms with Crippen molar-refractivity contribution in [2.45, 2.75) is 27.0 Å². The van der Waals surface area contributed by atoms with Crippen LogP contribution in [-0.4, -0.2) is 27.7 Å². The molecule has 0 N–H and O–H groups in total. The van der Waals surface area contributed by atoms with Crippen molar-refractivity contribution in [3.8, 4) is 0 Å². The van der Waals surface area contributed by atoms with E-state index in [9.17, 15) is 4.79 Å². The fourth-order valence-corrected chi connectivity index (χ4v) is 1.04. The second-order valence-corrected chi connectivity index (χ2v) is 4.08. The van der Waals surface area contributed by atoms with Crippen LogP contribution in [0.1, 0.15) is 27.0 Å². The van der Waals surface area contributed by atoms with E-state index < -0.39 is 11.6 Å². The maximum Gasteiger partial charge on any atom is 0.211 e. The van der Waals surface area contributed by atoms with Gasteiger partial charge in [0.1, 0.15) is 12.7 Å². The van der Waals surface area contributed by atoms with Crippen LogP contribution in [0.5, 0.6) is 0 Å². The van der Waals surface area contributed by atoms with E-state index in [1.165, 1.54) is 24.4 Å². The van der Waals surface area contributed by atoms with E-state index in [2.05, 4.69) is 10.1 Å². The van der Waals surface area contributed by atoms with Gasteiger partial charge in [-0.05, 0) is 0 Å². The predicted molar refractivity (Wildman–Crippen MR) is 50.5 cm³/mol. The minimum Gasteiger partial charge on any atom is -0.353 e. The number of aromatic nitrogens is 3. The van der Waals surface area contributed by atoms with Crippen molar-refractivity contribution in [1.82, 2.24) is 14.8 Å². The van der Waals surface area contributed by atoms with E-state index in [1.54, 1.807) is 0 Å². The predicted octanol–water partition coefficient (Wildman–Crippen LogP) is 1.04. The monoisotopic (exact) mass is 197 g/mol. The Morgan fingerprint density at radius 1 is 1.50 bits per heavy atom. The maximum absolute atomic E-state index is 11.9. The topological polar surface area (TPSA) is 57.0 Å². The highest BCUT2D eigenvalue weighted by Gasteiger charge is 2.31. The van der Waals surface area contributed by atoms with Gasteiger partial charge in [0.25, 0.3) is 0 Å². The van der Waals surface area contributed by atoms with E-state index in [0.717, 1.165) is 0 Å². The molecular weight excluding hydrogens is 182 g/mol. The van der Waals surface area contributed by atoms with Crippen LogP contribution in [0.25, 0.3) is 0 Å². The third-order valence-electron chi connectivity index (χ3n) is 1.86. The molecule has 0 aliphatic rings. The Morgan fingerprint density at radius 2 is 2.14 bits per heavy atom. The quantitative estimate of drug-likeness (QED) is 0.726. The van der Waals surface area contributed by atoms with E-state index in [-0.39, 0.29) is 5.78 Å². The smallest absolute Gasteiger partial charge is 0.211 e. The van der Waals surface area contributed by atoms with Gasteiger partial charge in [-0.2, -0.15) is 5.10 Å². The first-order valence-corrected chi connectivity index (χ1v) is 4.38. The molecule has 0 spiro atoms. The van der Waals surface area contributed by atoms with Crippen LogP contribution in [0.4, 0.5) is 0 Å². The zero-order valence-electron chi connectivity index (χ0n) is 8.89. The molecule has 0 saturated heterocycles. The van der Waals surface area contributed by atoms with Gasteiger partial charge in [0.15, 0.2) is 5.78 Å². The van der Waals surface area contributed by atoms with Crippen LogP contribution >= 0.6 is 0 Å². The van der Waals surface area contributed by atoms with Crippen LogP contribution in [-0.2, 0) is 9.53 Å². The molecule has 0 aromatic carbocycles. The number of nitrogens with zero attached hydrogens (tertiary/aromatic N) is 3. The summed E-state index contributed by atoms with van der Waals surface area (Å²) in [6.07, 6.45) is 2.16. The Labute approximate surface area is 83.1 Å². The Morgan fingerprint density at radius 3 is 2.50 bits per heavy atom. The summed E-state index contributed by atoms with van der Waals surface area (Å²) in [4.78, 5) is 15.7. The minimum atomic E-state index is -0.683. The van der Waals surface area contributed by atoms with Crippen molar-refractivity contribution in [3.63, 3.8) is 0 Å². The standard InChI is InChI=1S/C9H15N3O2/c1-9(2,3)7(13)8(14-4)12-6-10-5-11-12/h5-6,8H,1-4H3. The number of Topliss-reactive ketones (excluding diaryl/α,β-unsaturated/α-hetero) is 1. The summed E-state index contributed by atoms with van der Waals surface area (Å²) >= 11 is 0. The van der Waals surface area contributed by atoms with Crippen molar-refractivity contribution < 1.29 is 9.53 Å². The van der Waals surface area contributed by atoms with Gasteiger partial charge in [0, 0.05) is 12.5 Å². The maximum atomic E-state index is 11.9. The number of methoxy groups -OCH3 is 1. The third kappa shape index (κ3) is 2.17. The molecule has 78 valence electrons. The zero-order valence-corrected chi connectivity index (χ0v) is 8.89. The van der Waals surface area contributed by atoms with Gasteiger partial charge in [-0.3, -0.25) is 4.79 Å². The summed E-state index contributed by atoms with van der Waals surface area (Å²) in [5, 5.41) is 3.88. The Bertz CT molecular complexity index is 300. The van der Waals surface area contributed by atoms with E-state index >= 15 is 0 Å². The van der Waals surface area contributed by atoms with Crippen LogP contribution in [0.2, 0.25) is 0 Å². The summed E-state index contributed by atoms with van der Waals surface area (Å²) in [5.74, 6) is -0.0227. The highest BCUT2D eigenvalue weighted by Crippen LogP contribution is 2.22. The Kier molecular flexibility index (Phi) is 3.00. The first-order valence-electron chi connectivity index (χ1n) is 4.38. The molecule has 0 aliphatic carbocycles. The molecule has 1 aromatic heterocycles. The molecule has 1 unspecified atom stereocenters. The van der Waals surface area contributed by atoms with Crippen molar-refractivity contribution in [1.29, 1.82) is 0 Å². The lowest BCUT2D eigenvalue weighted by Gasteiger charge is -2.23. The number of rotatable bonds is 3. The Balaban J connectivity index is 2.89. The Hall–Kier alpha value is -1.23. The molecule has 0 saturated carbocycles. The average Bonchev–Trinajstić information content (AvgIpc) is 2.57. The van der Waals surface area contributed by atoms with Gasteiger partial charge in [-0.1, -0.05) is 20.8 Å². The van der Waals surface area contributed by atoms with Crippen molar-refractivity contribution in [2.24, 2.45) is 5.41 Å².